The van der Waals surface area contributed by atoms with E-state index in [9.17, 15) is 13.2 Å². The minimum atomic E-state index is -3.63. The van der Waals surface area contributed by atoms with Crippen molar-refractivity contribution < 1.29 is 13.2 Å². The third-order valence-corrected chi connectivity index (χ3v) is 5.16. The molecule has 0 N–H and O–H groups in total. The van der Waals surface area contributed by atoms with Gasteiger partial charge in [-0.3, -0.25) is 9.10 Å². The first kappa shape index (κ1) is 15.5. The van der Waals surface area contributed by atoms with Crippen LogP contribution in [0.4, 0.5) is 5.69 Å². The van der Waals surface area contributed by atoms with Crippen LogP contribution in [0.5, 0.6) is 0 Å². The van der Waals surface area contributed by atoms with Crippen molar-refractivity contribution in [2.45, 2.75) is 11.8 Å². The van der Waals surface area contributed by atoms with Crippen molar-refractivity contribution in [3.63, 3.8) is 0 Å². The summed E-state index contributed by atoms with van der Waals surface area (Å²) in [6, 6.07) is 12.7. The van der Waals surface area contributed by atoms with Crippen molar-refractivity contribution in [2.24, 2.45) is 0 Å². The van der Waals surface area contributed by atoms with Gasteiger partial charge in [-0.2, -0.15) is 0 Å². The lowest BCUT2D eigenvalue weighted by Crippen LogP contribution is -2.26. The van der Waals surface area contributed by atoms with Crippen molar-refractivity contribution in [1.29, 1.82) is 0 Å². The highest BCUT2D eigenvalue weighted by Gasteiger charge is 2.21. The Hall–Kier alpha value is -1.85. The molecule has 0 saturated carbocycles. The Labute approximate surface area is 129 Å². The Morgan fingerprint density at radius 1 is 1.00 bits per heavy atom. The molecule has 0 fully saturated rings. The molecule has 2 aromatic rings. The van der Waals surface area contributed by atoms with E-state index in [2.05, 4.69) is 0 Å². The minimum absolute atomic E-state index is 0.216. The smallest absolute Gasteiger partial charge is 0.264 e. The number of benzene rings is 2. The number of hydrogen-bond donors (Lipinski definition) is 0. The fourth-order valence-electron chi connectivity index (χ4n) is 1.81. The first-order valence-electron chi connectivity index (χ1n) is 6.18. The molecule has 110 valence electrons. The molecule has 0 spiro atoms. The van der Waals surface area contributed by atoms with Crippen LogP contribution in [0.15, 0.2) is 53.4 Å². The summed E-state index contributed by atoms with van der Waals surface area (Å²) in [5.41, 5.74) is 1.76. The lowest BCUT2D eigenvalue weighted by molar-refractivity contribution is 0.108. The van der Waals surface area contributed by atoms with Gasteiger partial charge < -0.3 is 0 Å². The van der Waals surface area contributed by atoms with E-state index in [1.165, 1.54) is 23.5 Å². The van der Waals surface area contributed by atoms with Gasteiger partial charge in [-0.15, -0.1) is 0 Å². The zero-order valence-electron chi connectivity index (χ0n) is 11.6. The van der Waals surface area contributed by atoms with Crippen LogP contribution >= 0.6 is 11.6 Å². The topological polar surface area (TPSA) is 54.5 Å². The highest BCUT2D eigenvalue weighted by Crippen LogP contribution is 2.23. The zero-order valence-corrected chi connectivity index (χ0v) is 13.1. The summed E-state index contributed by atoms with van der Waals surface area (Å²) in [5, 5.41) is -0.578. The molecule has 0 atom stereocenters. The summed E-state index contributed by atoms with van der Waals surface area (Å²) in [6.45, 7) is 1.89. The minimum Gasteiger partial charge on any atom is -0.276 e. The van der Waals surface area contributed by atoms with Gasteiger partial charge in [-0.05, 0) is 54.9 Å². The number of carbonyl (C=O) groups excluding carboxylic acids is 1. The number of anilines is 1. The maximum atomic E-state index is 12.5. The predicted molar refractivity (Wildman–Crippen MR) is 83.4 cm³/mol. The van der Waals surface area contributed by atoms with E-state index in [1.54, 1.807) is 36.4 Å². The Balaban J connectivity index is 2.35. The van der Waals surface area contributed by atoms with Gasteiger partial charge in [0.25, 0.3) is 15.3 Å². The highest BCUT2D eigenvalue weighted by atomic mass is 35.5. The molecule has 2 aromatic carbocycles. The van der Waals surface area contributed by atoms with Crippen molar-refractivity contribution in [1.82, 2.24) is 0 Å². The second-order valence-corrected chi connectivity index (χ2v) is 6.92. The van der Waals surface area contributed by atoms with Crippen LogP contribution in [0.1, 0.15) is 15.9 Å². The SMILES string of the molecule is Cc1ccc(S(=O)(=O)N(C)c2ccc(C(=O)Cl)cc2)cc1. The molecular formula is C15H14ClNO3S. The van der Waals surface area contributed by atoms with E-state index in [-0.39, 0.29) is 4.90 Å². The van der Waals surface area contributed by atoms with Gasteiger partial charge in [0.05, 0.1) is 10.6 Å². The van der Waals surface area contributed by atoms with Crippen LogP contribution in [0.3, 0.4) is 0 Å². The van der Waals surface area contributed by atoms with Gasteiger partial charge in [0.1, 0.15) is 0 Å². The molecule has 0 heterocycles. The predicted octanol–water partition coefficient (Wildman–Crippen LogP) is 3.20. The summed E-state index contributed by atoms with van der Waals surface area (Å²) in [5.74, 6) is 0. The fraction of sp³-hybridized carbons (Fsp3) is 0.133. The van der Waals surface area contributed by atoms with Gasteiger partial charge >= 0.3 is 0 Å². The molecule has 0 aliphatic heterocycles. The number of nitrogens with zero attached hydrogens (tertiary/aromatic N) is 1. The second kappa shape index (κ2) is 5.87. The first-order valence-corrected chi connectivity index (χ1v) is 7.99. The maximum Gasteiger partial charge on any atom is 0.264 e. The molecule has 0 aromatic heterocycles. The third kappa shape index (κ3) is 3.25. The molecule has 2 rings (SSSR count). The average molecular weight is 324 g/mol. The van der Waals surface area contributed by atoms with Gasteiger partial charge in [0.2, 0.25) is 0 Å². The monoisotopic (exact) mass is 323 g/mol. The lowest BCUT2D eigenvalue weighted by Gasteiger charge is -2.19. The number of aryl methyl sites for hydroxylation is 1. The number of hydrogen-bond acceptors (Lipinski definition) is 3. The highest BCUT2D eigenvalue weighted by molar-refractivity contribution is 7.92. The van der Waals surface area contributed by atoms with Gasteiger partial charge in [0.15, 0.2) is 0 Å². The largest absolute Gasteiger partial charge is 0.276 e. The van der Waals surface area contributed by atoms with E-state index < -0.39 is 15.3 Å². The van der Waals surface area contributed by atoms with Gasteiger partial charge in [-0.25, -0.2) is 8.42 Å². The molecular weight excluding hydrogens is 310 g/mol. The van der Waals surface area contributed by atoms with E-state index in [0.29, 0.717) is 11.3 Å². The molecule has 0 bridgehead atoms. The third-order valence-electron chi connectivity index (χ3n) is 3.14. The summed E-state index contributed by atoms with van der Waals surface area (Å²) >= 11 is 5.36. The standard InChI is InChI=1S/C15H14ClNO3S/c1-11-3-9-14(10-4-11)21(19,20)17(2)13-7-5-12(6-8-13)15(16)18/h3-10H,1-2H3. The van der Waals surface area contributed by atoms with E-state index in [1.807, 2.05) is 6.92 Å². The number of rotatable bonds is 4. The maximum absolute atomic E-state index is 12.5. The molecule has 0 unspecified atom stereocenters. The Kier molecular flexibility index (Phi) is 4.34. The number of sulfonamides is 1. The molecule has 0 amide bonds. The normalized spacial score (nSPS) is 11.2. The van der Waals surface area contributed by atoms with E-state index in [0.717, 1.165) is 5.56 Å². The molecule has 21 heavy (non-hydrogen) atoms. The lowest BCUT2D eigenvalue weighted by atomic mass is 10.2. The Bertz CT molecular complexity index is 753. The molecule has 6 heteroatoms. The zero-order chi connectivity index (χ0) is 15.6. The van der Waals surface area contributed by atoms with Crippen LogP contribution in [-0.2, 0) is 10.0 Å². The van der Waals surface area contributed by atoms with Crippen LogP contribution in [0.2, 0.25) is 0 Å². The molecule has 4 nitrogen and oxygen atoms in total. The van der Waals surface area contributed by atoms with E-state index in [4.69, 9.17) is 11.6 Å². The number of halogens is 1. The van der Waals surface area contributed by atoms with Crippen molar-refractivity contribution in [2.75, 3.05) is 11.4 Å². The van der Waals surface area contributed by atoms with Crippen molar-refractivity contribution >= 4 is 32.6 Å². The second-order valence-electron chi connectivity index (χ2n) is 4.61. The summed E-state index contributed by atoms with van der Waals surface area (Å²) in [4.78, 5) is 11.2. The van der Waals surface area contributed by atoms with Crippen LogP contribution in [0.25, 0.3) is 0 Å². The Morgan fingerprint density at radius 2 is 1.52 bits per heavy atom. The quantitative estimate of drug-likeness (QED) is 0.812. The fourth-order valence-corrected chi connectivity index (χ4v) is 3.13. The molecule has 0 radical (unpaired) electrons. The summed E-state index contributed by atoms with van der Waals surface area (Å²) in [7, 11) is -2.16. The number of carbonyl (C=O) groups is 1. The van der Waals surface area contributed by atoms with Crippen molar-refractivity contribution in [3.8, 4) is 0 Å². The summed E-state index contributed by atoms with van der Waals surface area (Å²) in [6.07, 6.45) is 0. The summed E-state index contributed by atoms with van der Waals surface area (Å²) < 4.78 is 26.2. The van der Waals surface area contributed by atoms with Crippen LogP contribution in [0, 0.1) is 6.92 Å². The van der Waals surface area contributed by atoms with Crippen LogP contribution < -0.4 is 4.31 Å². The van der Waals surface area contributed by atoms with Crippen LogP contribution in [-0.4, -0.2) is 20.7 Å². The van der Waals surface area contributed by atoms with Gasteiger partial charge in [0, 0.05) is 12.6 Å². The van der Waals surface area contributed by atoms with Crippen molar-refractivity contribution in [3.05, 3.63) is 59.7 Å². The first-order chi connectivity index (χ1) is 9.82. The molecule has 0 aliphatic rings. The molecule has 0 aliphatic carbocycles. The van der Waals surface area contributed by atoms with E-state index >= 15 is 0 Å². The average Bonchev–Trinajstić information content (AvgIpc) is 2.47. The van der Waals surface area contributed by atoms with Gasteiger partial charge in [-0.1, -0.05) is 17.7 Å². The molecule has 0 saturated heterocycles. The Morgan fingerprint density at radius 3 is 2.00 bits per heavy atom.